The van der Waals surface area contributed by atoms with Gasteiger partial charge >= 0.3 is 5.97 Å². The number of halogens is 1. The number of benzene rings is 2. The van der Waals surface area contributed by atoms with Crippen LogP contribution in [0.5, 0.6) is 5.75 Å². The van der Waals surface area contributed by atoms with Crippen LogP contribution in [0.1, 0.15) is 89.3 Å². The third kappa shape index (κ3) is 9.94. The summed E-state index contributed by atoms with van der Waals surface area (Å²) in [6.45, 7) is 17.2. The Kier molecular flexibility index (Phi) is 13.2. The topological polar surface area (TPSA) is 54.0 Å². The fourth-order valence-electron chi connectivity index (χ4n) is 5.70. The molecule has 0 amide bonds. The predicted octanol–water partition coefficient (Wildman–Crippen LogP) is 9.58. The number of carbonyl (C=O) groups excluding carboxylic acids is 1. The third-order valence-corrected chi connectivity index (χ3v) is 14.6. The van der Waals surface area contributed by atoms with Crippen molar-refractivity contribution in [2.24, 2.45) is 5.92 Å². The van der Waals surface area contributed by atoms with Gasteiger partial charge in [-0.3, -0.25) is 4.79 Å². The number of hydrogen-bond acceptors (Lipinski definition) is 5. The largest absolute Gasteiger partial charge is 0.497 e. The molecular weight excluding hydrogens is 588 g/mol. The molecule has 2 aromatic rings. The van der Waals surface area contributed by atoms with E-state index in [1.165, 1.54) is 18.2 Å². The van der Waals surface area contributed by atoms with Gasteiger partial charge in [-0.2, -0.15) is 0 Å². The highest BCUT2D eigenvalue weighted by Crippen LogP contribution is 2.49. The average molecular weight is 643 g/mol. The first-order chi connectivity index (χ1) is 20.7. The van der Waals surface area contributed by atoms with Gasteiger partial charge in [0.15, 0.2) is 8.32 Å². The molecule has 0 aliphatic heterocycles. The monoisotopic (exact) mass is 642 g/mol. The third-order valence-electron chi connectivity index (χ3n) is 9.56. The van der Waals surface area contributed by atoms with Crippen molar-refractivity contribution in [1.82, 2.24) is 0 Å². The van der Waals surface area contributed by atoms with Crippen molar-refractivity contribution in [3.63, 3.8) is 0 Å². The second-order valence-corrected chi connectivity index (χ2v) is 19.7. The summed E-state index contributed by atoms with van der Waals surface area (Å²) in [6, 6.07) is 17.1. The summed E-state index contributed by atoms with van der Waals surface area (Å²) in [4.78, 5) is 11.4. The molecule has 244 valence electrons. The second-order valence-electron chi connectivity index (χ2n) is 14.4. The van der Waals surface area contributed by atoms with Crippen LogP contribution in [0.3, 0.4) is 0 Å². The number of methoxy groups -OCH3 is 2. The van der Waals surface area contributed by atoms with Crippen molar-refractivity contribution >= 4 is 25.9 Å². The second kappa shape index (κ2) is 15.9. The molecular formula is C37H55ClO5Si. The van der Waals surface area contributed by atoms with E-state index in [2.05, 4.69) is 84.1 Å². The highest BCUT2D eigenvalue weighted by molar-refractivity contribution is 6.74. The quantitative estimate of drug-likeness (QED) is 0.0636. The molecule has 0 saturated heterocycles. The Morgan fingerprint density at radius 3 is 2.23 bits per heavy atom. The van der Waals surface area contributed by atoms with Gasteiger partial charge in [0.25, 0.3) is 0 Å². The van der Waals surface area contributed by atoms with E-state index >= 15 is 0 Å². The summed E-state index contributed by atoms with van der Waals surface area (Å²) >= 11 is 7.11. The molecule has 4 atom stereocenters. The predicted molar refractivity (Wildman–Crippen MR) is 184 cm³/mol. The van der Waals surface area contributed by atoms with Crippen molar-refractivity contribution in [2.45, 2.75) is 114 Å². The molecule has 0 heterocycles. The lowest BCUT2D eigenvalue weighted by Gasteiger charge is -2.40. The zero-order valence-corrected chi connectivity index (χ0v) is 30.2. The molecule has 3 rings (SSSR count). The minimum absolute atomic E-state index is 0.0389. The summed E-state index contributed by atoms with van der Waals surface area (Å²) in [5, 5.41) is 0.161. The Balaban J connectivity index is 1.74. The number of hydrogen-bond donors (Lipinski definition) is 0. The molecule has 2 aromatic carbocycles. The van der Waals surface area contributed by atoms with Crippen molar-refractivity contribution < 1.29 is 23.4 Å². The first-order valence-corrected chi connectivity index (χ1v) is 19.4. The molecule has 44 heavy (non-hydrogen) atoms. The highest BCUT2D eigenvalue weighted by Gasteiger charge is 2.48. The molecule has 1 fully saturated rings. The van der Waals surface area contributed by atoms with Crippen LogP contribution >= 0.6 is 11.6 Å². The van der Waals surface area contributed by atoms with E-state index in [0.717, 1.165) is 37.0 Å². The highest BCUT2D eigenvalue weighted by atomic mass is 35.5. The number of unbranched alkanes of at least 4 members (excludes halogenated alkanes) is 1. The minimum Gasteiger partial charge on any atom is -0.497 e. The van der Waals surface area contributed by atoms with Crippen LogP contribution in [-0.4, -0.2) is 46.6 Å². The van der Waals surface area contributed by atoms with Crippen molar-refractivity contribution in [3.05, 3.63) is 77.4 Å². The maximum Gasteiger partial charge on any atom is 0.305 e. The van der Waals surface area contributed by atoms with Crippen LogP contribution < -0.4 is 4.74 Å². The molecule has 0 spiro atoms. The first-order valence-electron chi connectivity index (χ1n) is 16.0. The fraction of sp³-hybridized carbons (Fsp3) is 0.595. The molecule has 0 radical (unpaired) electrons. The van der Waals surface area contributed by atoms with Crippen molar-refractivity contribution in [2.75, 3.05) is 20.8 Å². The van der Waals surface area contributed by atoms with Gasteiger partial charge < -0.3 is 18.6 Å². The summed E-state index contributed by atoms with van der Waals surface area (Å²) < 4.78 is 23.3. The average Bonchev–Trinajstić information content (AvgIpc) is 3.27. The fourth-order valence-corrected chi connectivity index (χ4v) is 7.49. The lowest BCUT2D eigenvalue weighted by Crippen LogP contribution is -2.44. The molecule has 1 aliphatic carbocycles. The zero-order chi connectivity index (χ0) is 32.5. The van der Waals surface area contributed by atoms with E-state index in [0.29, 0.717) is 19.6 Å². The SMILES string of the molecule is COC(=O)CCC/C=C\C[C@@H]1C(c2ccc(C(C)(C)COCc3ccc(OC)cc3)cc2)[C@@H](O[Si](C)(C)C(C)(C)C)C[C@H]1Cl. The van der Waals surface area contributed by atoms with E-state index in [1.54, 1.807) is 7.11 Å². The Morgan fingerprint density at radius 1 is 0.977 bits per heavy atom. The molecule has 0 bridgehead atoms. The Bertz CT molecular complexity index is 1200. The van der Waals surface area contributed by atoms with Crippen LogP contribution in [0, 0.1) is 5.92 Å². The van der Waals surface area contributed by atoms with E-state index < -0.39 is 8.32 Å². The lowest BCUT2D eigenvalue weighted by atomic mass is 9.81. The number of rotatable bonds is 15. The van der Waals surface area contributed by atoms with Crippen LogP contribution in [-0.2, 0) is 30.7 Å². The molecule has 0 aromatic heterocycles. The normalized spacial score (nSPS) is 21.1. The smallest absolute Gasteiger partial charge is 0.305 e. The van der Waals surface area contributed by atoms with E-state index in [9.17, 15) is 4.79 Å². The van der Waals surface area contributed by atoms with Crippen LogP contribution in [0.2, 0.25) is 18.1 Å². The molecule has 7 heteroatoms. The van der Waals surface area contributed by atoms with Gasteiger partial charge in [0.05, 0.1) is 33.5 Å². The van der Waals surface area contributed by atoms with Gasteiger partial charge in [-0.25, -0.2) is 0 Å². The molecule has 1 saturated carbocycles. The molecule has 1 aliphatic rings. The van der Waals surface area contributed by atoms with Gasteiger partial charge in [-0.1, -0.05) is 83.2 Å². The summed E-state index contributed by atoms with van der Waals surface area (Å²) in [6.07, 6.45) is 8.35. The van der Waals surface area contributed by atoms with Gasteiger partial charge in [0.1, 0.15) is 5.75 Å². The minimum atomic E-state index is -2.00. The summed E-state index contributed by atoms with van der Waals surface area (Å²) in [5.41, 5.74) is 3.53. The van der Waals surface area contributed by atoms with Crippen LogP contribution in [0.4, 0.5) is 0 Å². The maximum atomic E-state index is 11.4. The number of ether oxygens (including phenoxy) is 3. The van der Waals surface area contributed by atoms with Crippen LogP contribution in [0.25, 0.3) is 0 Å². The number of carbonyl (C=O) groups is 1. The first kappa shape index (κ1) is 36.3. The zero-order valence-electron chi connectivity index (χ0n) is 28.5. The van der Waals surface area contributed by atoms with Crippen molar-refractivity contribution in [3.8, 4) is 5.75 Å². The standard InChI is InChI=1S/C37H55ClO5Si/c1-36(2,3)44(8,9)43-33-24-32(38)31(14-12-10-11-13-15-34(39)41-7)35(33)28-18-20-29(21-19-28)37(4,5)26-42-25-27-16-22-30(40-6)23-17-27/h10,12,16-23,31-33,35H,11,13-15,24-26H2,1-9H3/b12-10-/t31-,32+,33-,35?/m0/s1. The number of allylic oxidation sites excluding steroid dienone is 2. The Hall–Kier alpha value is -2.12. The Morgan fingerprint density at radius 2 is 1.64 bits per heavy atom. The summed E-state index contributed by atoms with van der Waals surface area (Å²) in [5.74, 6) is 1.18. The summed E-state index contributed by atoms with van der Waals surface area (Å²) in [7, 11) is 1.11. The van der Waals surface area contributed by atoms with E-state index in [-0.39, 0.29) is 39.7 Å². The number of esters is 1. The molecule has 1 unspecified atom stereocenters. The number of alkyl halides is 1. The van der Waals surface area contributed by atoms with Gasteiger partial charge in [-0.15, -0.1) is 11.6 Å². The maximum absolute atomic E-state index is 11.4. The van der Waals surface area contributed by atoms with Gasteiger partial charge in [-0.05, 0) is 78.6 Å². The van der Waals surface area contributed by atoms with E-state index in [4.69, 9.17) is 30.2 Å². The lowest BCUT2D eigenvalue weighted by molar-refractivity contribution is -0.140. The molecule has 0 N–H and O–H groups in total. The van der Waals surface area contributed by atoms with E-state index in [1.807, 2.05) is 24.3 Å². The van der Waals surface area contributed by atoms with Crippen LogP contribution in [0.15, 0.2) is 60.7 Å². The Labute approximate surface area is 272 Å². The molecule has 5 nitrogen and oxygen atoms in total. The van der Waals surface area contributed by atoms with Gasteiger partial charge in [0.2, 0.25) is 0 Å². The van der Waals surface area contributed by atoms with Crippen molar-refractivity contribution in [1.29, 1.82) is 0 Å². The van der Waals surface area contributed by atoms with Gasteiger partial charge in [0, 0.05) is 23.1 Å².